The van der Waals surface area contributed by atoms with Crippen LogP contribution < -0.4 is 16.0 Å². The van der Waals surface area contributed by atoms with Crippen LogP contribution in [0.2, 0.25) is 0 Å². The maximum absolute atomic E-state index is 6.01. The topological polar surface area (TPSA) is 44.5 Å². The largest absolute Gasteiger partial charge is 0.385 e. The van der Waals surface area contributed by atoms with Gasteiger partial charge in [0, 0.05) is 43.1 Å². The van der Waals surface area contributed by atoms with Gasteiger partial charge in [-0.2, -0.15) is 0 Å². The maximum Gasteiger partial charge on any atom is 0.0367 e. The Bertz CT molecular complexity index is 550. The zero-order valence-corrected chi connectivity index (χ0v) is 16.9. The molecule has 4 rings (SSSR count). The van der Waals surface area contributed by atoms with Gasteiger partial charge in [-0.1, -0.05) is 6.42 Å². The van der Waals surface area contributed by atoms with E-state index < -0.39 is 0 Å². The second-order valence-electron chi connectivity index (χ2n) is 9.02. The Hall–Kier alpha value is -1.26. The molecule has 3 N–H and O–H groups in total. The highest BCUT2D eigenvalue weighted by Gasteiger charge is 2.25. The number of hydrogen-bond donors (Lipinski definition) is 2. The molecule has 2 saturated heterocycles. The van der Waals surface area contributed by atoms with Crippen LogP contribution in [-0.2, 0) is 0 Å². The molecule has 4 nitrogen and oxygen atoms in total. The molecule has 0 atom stereocenters. The molecule has 0 radical (unpaired) electrons. The van der Waals surface area contributed by atoms with Crippen LogP contribution in [0.5, 0.6) is 0 Å². The zero-order chi connectivity index (χ0) is 18.5. The summed E-state index contributed by atoms with van der Waals surface area (Å²) in [6, 6.07) is 10.4. The summed E-state index contributed by atoms with van der Waals surface area (Å²) in [4.78, 5) is 5.33. The number of nitrogens with zero attached hydrogens (tertiary/aromatic N) is 2. The standard InChI is InChI=1S/C23H38N4/c24-20-6-4-19(5-7-20)18-25-21-8-10-22(11-9-21)27-16-12-23(13-17-27)26-14-2-1-3-15-26/h8-11,19-20,23,25H,1-7,12-18,24H2/t19-,20-. The Balaban J connectivity index is 1.22. The predicted molar refractivity (Wildman–Crippen MR) is 116 cm³/mol. The third-order valence-corrected chi connectivity index (χ3v) is 7.09. The minimum absolute atomic E-state index is 0.444. The van der Waals surface area contributed by atoms with E-state index >= 15 is 0 Å². The highest BCUT2D eigenvalue weighted by atomic mass is 15.2. The predicted octanol–water partition coefficient (Wildman–Crippen LogP) is 4.07. The van der Waals surface area contributed by atoms with Crippen molar-refractivity contribution in [2.75, 3.05) is 42.9 Å². The average molecular weight is 371 g/mol. The van der Waals surface area contributed by atoms with Crippen LogP contribution >= 0.6 is 0 Å². The molecule has 150 valence electrons. The van der Waals surface area contributed by atoms with Crippen molar-refractivity contribution in [2.24, 2.45) is 11.7 Å². The summed E-state index contributed by atoms with van der Waals surface area (Å²) in [5.74, 6) is 0.790. The van der Waals surface area contributed by atoms with Crippen molar-refractivity contribution in [3.63, 3.8) is 0 Å². The fourth-order valence-corrected chi connectivity index (χ4v) is 5.22. The molecule has 27 heavy (non-hydrogen) atoms. The summed E-state index contributed by atoms with van der Waals surface area (Å²) in [6.07, 6.45) is 11.8. The van der Waals surface area contributed by atoms with Crippen molar-refractivity contribution in [3.8, 4) is 0 Å². The van der Waals surface area contributed by atoms with Crippen LogP contribution in [0, 0.1) is 5.92 Å². The van der Waals surface area contributed by atoms with E-state index in [1.165, 1.54) is 95.3 Å². The highest BCUT2D eigenvalue weighted by Crippen LogP contribution is 2.27. The number of nitrogens with two attached hydrogens (primary N) is 1. The second-order valence-corrected chi connectivity index (χ2v) is 9.02. The fourth-order valence-electron chi connectivity index (χ4n) is 5.22. The number of likely N-dealkylation sites (tertiary alicyclic amines) is 1. The fraction of sp³-hybridized carbons (Fsp3) is 0.739. The Morgan fingerprint density at radius 2 is 1.48 bits per heavy atom. The minimum Gasteiger partial charge on any atom is -0.385 e. The lowest BCUT2D eigenvalue weighted by Gasteiger charge is -2.41. The van der Waals surface area contributed by atoms with Crippen LogP contribution in [0.15, 0.2) is 24.3 Å². The monoisotopic (exact) mass is 370 g/mol. The van der Waals surface area contributed by atoms with Gasteiger partial charge in [-0.3, -0.25) is 0 Å². The Kier molecular flexibility index (Phi) is 6.56. The first-order valence-corrected chi connectivity index (χ1v) is 11.4. The molecule has 0 unspecified atom stereocenters. The molecule has 1 aliphatic carbocycles. The van der Waals surface area contributed by atoms with Gasteiger partial charge >= 0.3 is 0 Å². The molecule has 0 aromatic heterocycles. The molecule has 1 aromatic rings. The van der Waals surface area contributed by atoms with Gasteiger partial charge in [0.2, 0.25) is 0 Å². The SMILES string of the molecule is N[C@H]1CC[C@H](CNc2ccc(N3CCC(N4CCCCC4)CC3)cc2)CC1. The molecule has 0 amide bonds. The van der Waals surface area contributed by atoms with Gasteiger partial charge in [-0.05, 0) is 94.6 Å². The third kappa shape index (κ3) is 5.17. The summed E-state index contributed by atoms with van der Waals surface area (Å²) < 4.78 is 0. The maximum atomic E-state index is 6.01. The van der Waals surface area contributed by atoms with Gasteiger partial charge in [0.05, 0.1) is 0 Å². The van der Waals surface area contributed by atoms with E-state index in [1.807, 2.05) is 0 Å². The first-order chi connectivity index (χ1) is 13.3. The molecule has 4 heteroatoms. The molecular weight excluding hydrogens is 332 g/mol. The molecule has 3 aliphatic rings. The van der Waals surface area contributed by atoms with Crippen molar-refractivity contribution in [1.82, 2.24) is 4.90 Å². The number of benzene rings is 1. The molecule has 3 fully saturated rings. The Morgan fingerprint density at radius 1 is 0.815 bits per heavy atom. The number of piperidine rings is 2. The van der Waals surface area contributed by atoms with E-state index in [1.54, 1.807) is 0 Å². The van der Waals surface area contributed by atoms with E-state index in [4.69, 9.17) is 5.73 Å². The van der Waals surface area contributed by atoms with Crippen LogP contribution in [0.1, 0.15) is 57.8 Å². The lowest BCUT2D eigenvalue weighted by atomic mass is 9.86. The molecule has 0 bridgehead atoms. The lowest BCUT2D eigenvalue weighted by Crippen LogP contribution is -2.46. The molecule has 2 heterocycles. The Morgan fingerprint density at radius 3 is 2.15 bits per heavy atom. The molecule has 0 spiro atoms. The van der Waals surface area contributed by atoms with Crippen LogP contribution in [0.25, 0.3) is 0 Å². The van der Waals surface area contributed by atoms with Gasteiger partial charge in [0.1, 0.15) is 0 Å². The van der Waals surface area contributed by atoms with Crippen molar-refractivity contribution in [2.45, 2.75) is 69.9 Å². The van der Waals surface area contributed by atoms with Gasteiger partial charge < -0.3 is 20.9 Å². The van der Waals surface area contributed by atoms with E-state index in [2.05, 4.69) is 39.4 Å². The summed E-state index contributed by atoms with van der Waals surface area (Å²) in [5.41, 5.74) is 8.67. The average Bonchev–Trinajstić information content (AvgIpc) is 2.75. The molecular formula is C23H38N4. The first-order valence-electron chi connectivity index (χ1n) is 11.4. The van der Waals surface area contributed by atoms with Gasteiger partial charge in [0.15, 0.2) is 0 Å². The molecule has 1 aromatic carbocycles. The van der Waals surface area contributed by atoms with Gasteiger partial charge in [-0.15, -0.1) is 0 Å². The van der Waals surface area contributed by atoms with Crippen LogP contribution in [0.4, 0.5) is 11.4 Å². The number of hydrogen-bond acceptors (Lipinski definition) is 4. The number of nitrogens with one attached hydrogen (secondary N) is 1. The number of anilines is 2. The van der Waals surface area contributed by atoms with Crippen molar-refractivity contribution >= 4 is 11.4 Å². The summed E-state index contributed by atoms with van der Waals surface area (Å²) in [5, 5.41) is 3.64. The number of rotatable bonds is 5. The van der Waals surface area contributed by atoms with E-state index in [9.17, 15) is 0 Å². The summed E-state index contributed by atoms with van der Waals surface area (Å²) in [6.45, 7) is 6.16. The Labute approximate surface area is 165 Å². The van der Waals surface area contributed by atoms with E-state index in [0.29, 0.717) is 6.04 Å². The van der Waals surface area contributed by atoms with Crippen molar-refractivity contribution in [1.29, 1.82) is 0 Å². The lowest BCUT2D eigenvalue weighted by molar-refractivity contribution is 0.141. The van der Waals surface area contributed by atoms with Crippen LogP contribution in [-0.4, -0.2) is 49.7 Å². The van der Waals surface area contributed by atoms with E-state index in [0.717, 1.165) is 18.5 Å². The van der Waals surface area contributed by atoms with Crippen molar-refractivity contribution in [3.05, 3.63) is 24.3 Å². The summed E-state index contributed by atoms with van der Waals surface area (Å²) >= 11 is 0. The zero-order valence-electron chi connectivity index (χ0n) is 16.9. The quantitative estimate of drug-likeness (QED) is 0.820. The third-order valence-electron chi connectivity index (χ3n) is 7.09. The highest BCUT2D eigenvalue weighted by molar-refractivity contribution is 5.55. The molecule has 2 aliphatic heterocycles. The van der Waals surface area contributed by atoms with Gasteiger partial charge in [0.25, 0.3) is 0 Å². The molecule has 1 saturated carbocycles. The van der Waals surface area contributed by atoms with Crippen LogP contribution in [0.3, 0.4) is 0 Å². The van der Waals surface area contributed by atoms with Crippen molar-refractivity contribution < 1.29 is 0 Å². The smallest absolute Gasteiger partial charge is 0.0367 e. The second kappa shape index (κ2) is 9.29. The first kappa shape index (κ1) is 19.1. The normalized spacial score (nSPS) is 28.3. The summed E-state index contributed by atoms with van der Waals surface area (Å²) in [7, 11) is 0. The van der Waals surface area contributed by atoms with Gasteiger partial charge in [-0.25, -0.2) is 0 Å². The minimum atomic E-state index is 0.444. The van der Waals surface area contributed by atoms with E-state index in [-0.39, 0.29) is 0 Å².